The predicted molar refractivity (Wildman–Crippen MR) is 72.6 cm³/mol. The maximum atomic E-state index is 12.3. The van der Waals surface area contributed by atoms with Crippen LogP contribution in [0.3, 0.4) is 0 Å². The summed E-state index contributed by atoms with van der Waals surface area (Å²) < 4.78 is 0. The Morgan fingerprint density at radius 1 is 1.32 bits per heavy atom. The molecule has 1 aliphatic carbocycles. The minimum atomic E-state index is -0.994. The lowest BCUT2D eigenvalue weighted by Gasteiger charge is -2.06. The van der Waals surface area contributed by atoms with Crippen LogP contribution in [0.1, 0.15) is 17.3 Å². The van der Waals surface area contributed by atoms with Gasteiger partial charge < -0.3 is 10.8 Å². The van der Waals surface area contributed by atoms with Crippen LogP contribution < -0.4 is 5.73 Å². The number of hydrogen-bond acceptors (Lipinski definition) is 3. The van der Waals surface area contributed by atoms with Crippen LogP contribution in [-0.2, 0) is 4.79 Å². The standard InChI is InChI=1S/C13H13Cl2NO3/c1-13(5-16)9(10(13)12(18)19)11(17)6-2-3-7(14)8(15)4-6/h2-4,9-10H,5,16H2,1H3,(H,18,19). The van der Waals surface area contributed by atoms with E-state index in [1.54, 1.807) is 13.0 Å². The van der Waals surface area contributed by atoms with Crippen LogP contribution >= 0.6 is 23.2 Å². The average molecular weight is 302 g/mol. The Labute approximate surface area is 120 Å². The first-order chi connectivity index (χ1) is 8.82. The van der Waals surface area contributed by atoms with E-state index in [4.69, 9.17) is 34.0 Å². The average Bonchev–Trinajstić information content (AvgIpc) is 2.99. The topological polar surface area (TPSA) is 80.4 Å². The van der Waals surface area contributed by atoms with Gasteiger partial charge in [0.15, 0.2) is 5.78 Å². The van der Waals surface area contributed by atoms with Gasteiger partial charge in [-0.05, 0) is 24.7 Å². The van der Waals surface area contributed by atoms with Gasteiger partial charge in [0.2, 0.25) is 0 Å². The molecule has 0 amide bonds. The monoisotopic (exact) mass is 301 g/mol. The molecule has 4 nitrogen and oxygen atoms in total. The van der Waals surface area contributed by atoms with Gasteiger partial charge in [0.25, 0.3) is 0 Å². The molecule has 0 radical (unpaired) electrons. The van der Waals surface area contributed by atoms with Crippen LogP contribution in [0.15, 0.2) is 18.2 Å². The van der Waals surface area contributed by atoms with Crippen molar-refractivity contribution in [2.75, 3.05) is 6.54 Å². The zero-order valence-corrected chi connectivity index (χ0v) is 11.7. The van der Waals surface area contributed by atoms with Crippen LogP contribution in [0.5, 0.6) is 0 Å². The number of Topliss-reactive ketones (excluding diaryl/α,β-unsaturated/α-hetero) is 1. The first kappa shape index (κ1) is 14.3. The van der Waals surface area contributed by atoms with Crippen molar-refractivity contribution in [3.05, 3.63) is 33.8 Å². The number of carboxylic acid groups (broad SMARTS) is 1. The second-order valence-corrected chi connectivity index (χ2v) is 5.81. The Morgan fingerprint density at radius 2 is 1.95 bits per heavy atom. The fourth-order valence-electron chi connectivity index (χ4n) is 2.52. The number of nitrogens with two attached hydrogens (primary N) is 1. The summed E-state index contributed by atoms with van der Waals surface area (Å²) in [5.74, 6) is -2.59. The molecule has 0 spiro atoms. The molecule has 1 fully saturated rings. The summed E-state index contributed by atoms with van der Waals surface area (Å²) in [6.45, 7) is 1.87. The molecule has 0 heterocycles. The molecule has 1 aliphatic rings. The Balaban J connectivity index is 2.30. The molecule has 0 bridgehead atoms. The number of aliphatic carboxylic acids is 1. The van der Waals surface area contributed by atoms with E-state index in [0.717, 1.165) is 0 Å². The third-order valence-corrected chi connectivity index (χ3v) is 4.58. The highest BCUT2D eigenvalue weighted by molar-refractivity contribution is 6.42. The highest BCUT2D eigenvalue weighted by atomic mass is 35.5. The first-order valence-corrected chi connectivity index (χ1v) is 6.50. The molecule has 102 valence electrons. The Morgan fingerprint density at radius 3 is 2.37 bits per heavy atom. The molecule has 1 saturated carbocycles. The Hall–Kier alpha value is -1.10. The molecule has 2 rings (SSSR count). The van der Waals surface area contributed by atoms with Crippen molar-refractivity contribution in [3.63, 3.8) is 0 Å². The minimum absolute atomic E-state index is 0.154. The van der Waals surface area contributed by atoms with Gasteiger partial charge in [0.05, 0.1) is 16.0 Å². The number of carbonyl (C=O) groups is 2. The molecule has 1 aromatic carbocycles. The molecule has 1 aromatic rings. The normalized spacial score (nSPS) is 29.1. The fraction of sp³-hybridized carbons (Fsp3) is 0.385. The maximum Gasteiger partial charge on any atom is 0.307 e. The largest absolute Gasteiger partial charge is 0.481 e. The van der Waals surface area contributed by atoms with Crippen LogP contribution in [0.4, 0.5) is 0 Å². The first-order valence-electron chi connectivity index (χ1n) is 5.75. The van der Waals surface area contributed by atoms with Gasteiger partial charge in [-0.3, -0.25) is 9.59 Å². The van der Waals surface area contributed by atoms with E-state index in [9.17, 15) is 9.59 Å². The van der Waals surface area contributed by atoms with Gasteiger partial charge in [-0.25, -0.2) is 0 Å². The maximum absolute atomic E-state index is 12.3. The molecule has 0 saturated heterocycles. The van der Waals surface area contributed by atoms with Crippen LogP contribution in [-0.4, -0.2) is 23.4 Å². The molecule has 19 heavy (non-hydrogen) atoms. The molecular formula is C13H13Cl2NO3. The van der Waals surface area contributed by atoms with Crippen molar-refractivity contribution >= 4 is 35.0 Å². The number of rotatable bonds is 4. The van der Waals surface area contributed by atoms with Gasteiger partial charge in [-0.2, -0.15) is 0 Å². The molecule has 3 N–H and O–H groups in total. The van der Waals surface area contributed by atoms with Crippen molar-refractivity contribution in [2.24, 2.45) is 23.0 Å². The summed E-state index contributed by atoms with van der Waals surface area (Å²) in [6, 6.07) is 4.53. The zero-order valence-electron chi connectivity index (χ0n) is 10.2. The van der Waals surface area contributed by atoms with Crippen molar-refractivity contribution in [2.45, 2.75) is 6.92 Å². The summed E-state index contributed by atoms with van der Waals surface area (Å²) in [4.78, 5) is 23.5. The molecule has 6 heteroatoms. The molecule has 0 aliphatic heterocycles. The molecular weight excluding hydrogens is 289 g/mol. The van der Waals surface area contributed by atoms with Gasteiger partial charge >= 0.3 is 5.97 Å². The van der Waals surface area contributed by atoms with Gasteiger partial charge in [-0.1, -0.05) is 30.1 Å². The van der Waals surface area contributed by atoms with Crippen LogP contribution in [0.2, 0.25) is 10.0 Å². The summed E-state index contributed by atoms with van der Waals surface area (Å²) in [7, 11) is 0. The van der Waals surface area contributed by atoms with Crippen molar-refractivity contribution in [1.82, 2.24) is 0 Å². The van der Waals surface area contributed by atoms with E-state index >= 15 is 0 Å². The number of hydrogen-bond donors (Lipinski definition) is 2. The smallest absolute Gasteiger partial charge is 0.307 e. The highest BCUT2D eigenvalue weighted by Crippen LogP contribution is 2.59. The summed E-state index contributed by atoms with van der Waals surface area (Å²) in [5.41, 5.74) is 5.27. The number of halogens is 2. The number of benzene rings is 1. The third-order valence-electron chi connectivity index (χ3n) is 3.84. The van der Waals surface area contributed by atoms with E-state index in [1.807, 2.05) is 0 Å². The molecule has 3 unspecified atom stereocenters. The summed E-state index contributed by atoms with van der Waals surface area (Å²) in [6.07, 6.45) is 0. The summed E-state index contributed by atoms with van der Waals surface area (Å²) in [5, 5.41) is 9.75. The Kier molecular flexibility index (Phi) is 3.60. The third kappa shape index (κ3) is 2.24. The zero-order chi connectivity index (χ0) is 14.4. The van der Waals surface area contributed by atoms with E-state index in [-0.39, 0.29) is 17.4 Å². The van der Waals surface area contributed by atoms with E-state index in [2.05, 4.69) is 0 Å². The van der Waals surface area contributed by atoms with Crippen molar-refractivity contribution < 1.29 is 14.7 Å². The lowest BCUT2D eigenvalue weighted by molar-refractivity contribution is -0.139. The molecule has 3 atom stereocenters. The van der Waals surface area contributed by atoms with Crippen molar-refractivity contribution in [1.29, 1.82) is 0 Å². The summed E-state index contributed by atoms with van der Waals surface area (Å²) >= 11 is 11.6. The lowest BCUT2D eigenvalue weighted by Crippen LogP contribution is -2.19. The van der Waals surface area contributed by atoms with Gasteiger partial charge in [0, 0.05) is 16.9 Å². The second kappa shape index (κ2) is 4.78. The lowest BCUT2D eigenvalue weighted by atomic mass is 10.00. The second-order valence-electron chi connectivity index (χ2n) is 5.00. The Bertz CT molecular complexity index is 561. The number of carboxylic acids is 1. The van der Waals surface area contributed by atoms with Gasteiger partial charge in [0.1, 0.15) is 0 Å². The quantitative estimate of drug-likeness (QED) is 0.837. The number of ketones is 1. The molecule has 0 aromatic heterocycles. The van der Waals surface area contributed by atoms with Crippen LogP contribution in [0.25, 0.3) is 0 Å². The van der Waals surface area contributed by atoms with Crippen molar-refractivity contribution in [3.8, 4) is 0 Å². The predicted octanol–water partition coefficient (Wildman–Crippen LogP) is 2.47. The van der Waals surface area contributed by atoms with E-state index in [1.165, 1.54) is 12.1 Å². The van der Waals surface area contributed by atoms with Crippen LogP contribution in [0, 0.1) is 17.3 Å². The van der Waals surface area contributed by atoms with Gasteiger partial charge in [-0.15, -0.1) is 0 Å². The van der Waals surface area contributed by atoms with E-state index < -0.39 is 23.2 Å². The SMILES string of the molecule is CC1(CN)C(C(=O)O)C1C(=O)c1ccc(Cl)c(Cl)c1. The van der Waals surface area contributed by atoms with E-state index in [0.29, 0.717) is 10.6 Å². The minimum Gasteiger partial charge on any atom is -0.481 e. The number of carbonyl (C=O) groups excluding carboxylic acids is 1. The highest BCUT2D eigenvalue weighted by Gasteiger charge is 2.67. The fourth-order valence-corrected chi connectivity index (χ4v) is 2.82.